The van der Waals surface area contributed by atoms with E-state index in [0.29, 0.717) is 12.1 Å². The lowest BCUT2D eigenvalue weighted by molar-refractivity contribution is -0.140. The number of carbonyl (C=O) groups is 3. The van der Waals surface area contributed by atoms with Gasteiger partial charge in [-0.1, -0.05) is 29.8 Å². The van der Waals surface area contributed by atoms with E-state index in [0.717, 1.165) is 24.3 Å². The van der Waals surface area contributed by atoms with Crippen molar-refractivity contribution in [3.8, 4) is 0 Å². The molecule has 13 heteroatoms. The van der Waals surface area contributed by atoms with Crippen molar-refractivity contribution < 1.29 is 40.7 Å². The molecule has 1 amide bonds. The Morgan fingerprint density at radius 3 is 2.28 bits per heavy atom. The van der Waals surface area contributed by atoms with Gasteiger partial charge in [0.15, 0.2) is 11.6 Å². The second kappa shape index (κ2) is 12.3. The number of benzene rings is 3. The number of halogens is 9. The van der Waals surface area contributed by atoms with Crippen LogP contribution in [0.25, 0.3) is 0 Å². The third kappa shape index (κ3) is 6.92. The first kappa shape index (κ1) is 32.6. The predicted molar refractivity (Wildman–Crippen MR) is 150 cm³/mol. The molecule has 0 saturated heterocycles. The third-order valence-corrected chi connectivity index (χ3v) is 8.12. The van der Waals surface area contributed by atoms with E-state index in [4.69, 9.17) is 34.8 Å². The van der Waals surface area contributed by atoms with Gasteiger partial charge in [-0.3, -0.25) is 14.4 Å². The topological polar surface area (TPSA) is 63.2 Å². The van der Waals surface area contributed by atoms with Crippen LogP contribution in [0, 0.1) is 23.4 Å². The summed E-state index contributed by atoms with van der Waals surface area (Å²) in [6.45, 7) is 1.57. The van der Waals surface area contributed by atoms with Crippen molar-refractivity contribution in [2.75, 3.05) is 5.32 Å². The molecule has 4 nitrogen and oxygen atoms in total. The van der Waals surface area contributed by atoms with Crippen LogP contribution >= 0.6 is 34.8 Å². The summed E-state index contributed by atoms with van der Waals surface area (Å²) in [6, 6.07) is 8.03. The number of hydrogen-bond acceptors (Lipinski definition) is 3. The van der Waals surface area contributed by atoms with E-state index in [-0.39, 0.29) is 27.4 Å². The molecule has 0 bridgehead atoms. The fraction of sp³-hybridized carbons (Fsp3) is 0.233. The first-order valence-corrected chi connectivity index (χ1v) is 13.7. The van der Waals surface area contributed by atoms with Gasteiger partial charge in [0.05, 0.1) is 16.5 Å². The number of hydrogen-bond donors (Lipinski definition) is 1. The number of anilines is 1. The van der Waals surface area contributed by atoms with E-state index in [1.54, 1.807) is 6.92 Å². The number of amides is 1. The molecule has 3 aromatic rings. The molecule has 4 rings (SSSR count). The van der Waals surface area contributed by atoms with Crippen LogP contribution in [-0.4, -0.2) is 21.8 Å². The van der Waals surface area contributed by atoms with Crippen LogP contribution in [0.1, 0.15) is 45.5 Å². The molecule has 1 N–H and O–H groups in total. The highest BCUT2D eigenvalue weighted by molar-refractivity contribution is 6.53. The monoisotopic (exact) mass is 661 g/mol. The van der Waals surface area contributed by atoms with Crippen LogP contribution in [0.4, 0.5) is 32.0 Å². The molecule has 1 aliphatic carbocycles. The number of allylic oxidation sites excluding steroid dienone is 2. The second-order valence-electron chi connectivity index (χ2n) is 9.79. The highest BCUT2D eigenvalue weighted by Gasteiger charge is 2.67. The zero-order valence-electron chi connectivity index (χ0n) is 22.0. The molecule has 43 heavy (non-hydrogen) atoms. The lowest BCUT2D eigenvalue weighted by Gasteiger charge is -2.11. The second-order valence-corrected chi connectivity index (χ2v) is 11.6. The van der Waals surface area contributed by atoms with Crippen LogP contribution in [0.15, 0.2) is 60.7 Å². The van der Waals surface area contributed by atoms with E-state index < -0.39 is 81.2 Å². The zero-order valence-corrected chi connectivity index (χ0v) is 24.2. The largest absolute Gasteiger partial charge is 0.419 e. The van der Waals surface area contributed by atoms with Gasteiger partial charge in [-0.05, 0) is 60.5 Å². The van der Waals surface area contributed by atoms with Gasteiger partial charge >= 0.3 is 6.18 Å². The van der Waals surface area contributed by atoms with E-state index >= 15 is 4.39 Å². The van der Waals surface area contributed by atoms with Crippen LogP contribution in [0.5, 0.6) is 0 Å². The normalized spacial score (nSPS) is 17.6. The van der Waals surface area contributed by atoms with Crippen LogP contribution < -0.4 is 5.32 Å². The van der Waals surface area contributed by atoms with Crippen LogP contribution in [0.2, 0.25) is 5.02 Å². The number of Topliss-reactive ketones (excluding diaryl/α,β-unsaturated/α-hetero) is 1. The summed E-state index contributed by atoms with van der Waals surface area (Å²) in [5.41, 5.74) is -2.39. The molecule has 1 aliphatic rings. The number of rotatable bonds is 9. The molecule has 1 saturated carbocycles. The first-order valence-electron chi connectivity index (χ1n) is 12.6. The van der Waals surface area contributed by atoms with Crippen LogP contribution in [-0.2, 0) is 28.6 Å². The highest BCUT2D eigenvalue weighted by atomic mass is 35.5. The molecule has 0 unspecified atom stereocenters. The van der Waals surface area contributed by atoms with Gasteiger partial charge in [0.1, 0.15) is 21.8 Å². The average Bonchev–Trinajstić information content (AvgIpc) is 3.50. The Morgan fingerprint density at radius 1 is 0.953 bits per heavy atom. The molecule has 0 radical (unpaired) electrons. The zero-order chi connectivity index (χ0) is 31.9. The maximum absolute atomic E-state index is 15.1. The van der Waals surface area contributed by atoms with Crippen molar-refractivity contribution in [2.45, 2.75) is 36.2 Å². The molecule has 0 heterocycles. The molecular formula is C30H20Cl3F6NO3. The maximum atomic E-state index is 15.1. The summed E-state index contributed by atoms with van der Waals surface area (Å²) < 4.78 is 80.8. The van der Waals surface area contributed by atoms with Crippen molar-refractivity contribution in [1.82, 2.24) is 0 Å². The van der Waals surface area contributed by atoms with Crippen LogP contribution in [0.3, 0.4) is 0 Å². The van der Waals surface area contributed by atoms with Gasteiger partial charge in [0.2, 0.25) is 5.91 Å². The Hall–Kier alpha value is -3.34. The minimum Gasteiger partial charge on any atom is -0.326 e. The summed E-state index contributed by atoms with van der Waals surface area (Å²) in [6.07, 6.45) is -3.50. The van der Waals surface area contributed by atoms with Crippen molar-refractivity contribution in [1.29, 1.82) is 0 Å². The number of ketones is 2. The lowest BCUT2D eigenvalue weighted by Crippen LogP contribution is -2.17. The fourth-order valence-electron chi connectivity index (χ4n) is 4.69. The molecule has 3 aromatic carbocycles. The predicted octanol–water partition coefficient (Wildman–Crippen LogP) is 8.42. The summed E-state index contributed by atoms with van der Waals surface area (Å²) >= 11 is 18.6. The van der Waals surface area contributed by atoms with Crippen molar-refractivity contribution in [3.05, 3.63) is 111 Å². The van der Waals surface area contributed by atoms with Gasteiger partial charge in [0.25, 0.3) is 0 Å². The smallest absolute Gasteiger partial charge is 0.326 e. The van der Waals surface area contributed by atoms with Gasteiger partial charge in [-0.15, -0.1) is 23.2 Å². The summed E-state index contributed by atoms with van der Waals surface area (Å²) in [5.74, 6) is -7.85. The molecule has 0 aliphatic heterocycles. The van der Waals surface area contributed by atoms with Crippen molar-refractivity contribution in [2.24, 2.45) is 5.92 Å². The third-order valence-electron chi connectivity index (χ3n) is 6.85. The Kier molecular flexibility index (Phi) is 9.35. The van der Waals surface area contributed by atoms with E-state index in [2.05, 4.69) is 5.32 Å². The Morgan fingerprint density at radius 2 is 1.63 bits per heavy atom. The summed E-state index contributed by atoms with van der Waals surface area (Å²) in [5, 5.41) is 2.43. The highest BCUT2D eigenvalue weighted by Crippen LogP contribution is 2.65. The van der Waals surface area contributed by atoms with Crippen molar-refractivity contribution >= 4 is 58.0 Å². The molecule has 0 spiro atoms. The Balaban J connectivity index is 1.53. The minimum absolute atomic E-state index is 0.0415. The van der Waals surface area contributed by atoms with E-state index in [1.807, 2.05) is 0 Å². The Labute approximate surface area is 256 Å². The van der Waals surface area contributed by atoms with Gasteiger partial charge in [0, 0.05) is 35.6 Å². The molecule has 2 atom stereocenters. The molecule has 226 valence electrons. The quantitative estimate of drug-likeness (QED) is 0.108. The Bertz CT molecular complexity index is 1650. The molecule has 1 fully saturated rings. The number of alkyl halides is 5. The van der Waals surface area contributed by atoms with Gasteiger partial charge in [-0.25, -0.2) is 13.2 Å². The van der Waals surface area contributed by atoms with E-state index in [1.165, 1.54) is 24.3 Å². The fourth-order valence-corrected chi connectivity index (χ4v) is 5.74. The molecular weight excluding hydrogens is 643 g/mol. The summed E-state index contributed by atoms with van der Waals surface area (Å²) in [7, 11) is 0. The lowest BCUT2D eigenvalue weighted by atomic mass is 9.98. The standard InChI is InChI=1S/C30H20Cl3F6NO3/c1-2-3-17(41)13-19-22(34)8-5-15(27(19)36)11-24(42)18-12-16(6-7-21(18)31)40-28(43)26-25(29(26,32)33)14-4-9-23(35)20(10-14)30(37,38)39/h2-10,12,25-26H,11,13H2,1H3,(H,40,43)/b3-2+/t25-,26+/m0/s1. The SMILES string of the molecule is C/C=C/C(=O)Cc1c(F)ccc(CC(=O)c2cc(NC(=O)[C@H]3[C@H](c4ccc(F)c(C(F)(F)F)c4)C3(Cl)Cl)ccc2Cl)c1F. The number of nitrogens with one attached hydrogen (secondary N) is 1. The number of carbonyl (C=O) groups excluding carboxylic acids is 3. The molecule has 0 aromatic heterocycles. The van der Waals surface area contributed by atoms with E-state index in [9.17, 15) is 36.3 Å². The van der Waals surface area contributed by atoms with Gasteiger partial charge < -0.3 is 5.32 Å². The first-order chi connectivity index (χ1) is 20.1. The maximum Gasteiger partial charge on any atom is 0.419 e. The summed E-state index contributed by atoms with van der Waals surface area (Å²) in [4.78, 5) is 38.0. The van der Waals surface area contributed by atoms with Gasteiger partial charge in [-0.2, -0.15) is 13.2 Å². The minimum atomic E-state index is -4.98. The average molecular weight is 663 g/mol. The van der Waals surface area contributed by atoms with Crippen molar-refractivity contribution in [3.63, 3.8) is 0 Å².